The summed E-state index contributed by atoms with van der Waals surface area (Å²) in [5, 5.41) is 4.39. The van der Waals surface area contributed by atoms with E-state index < -0.39 is 0 Å². The SMILES string of the molecule is c1cc2n(n1)CCCN2c1cnc2c(c1)CCCCC2. The summed E-state index contributed by atoms with van der Waals surface area (Å²) in [6, 6.07) is 4.46. The lowest BCUT2D eigenvalue weighted by Gasteiger charge is -2.29. The minimum Gasteiger partial charge on any atom is -0.325 e. The van der Waals surface area contributed by atoms with Crippen LogP contribution in [-0.4, -0.2) is 21.3 Å². The first-order chi connectivity index (χ1) is 9.92. The summed E-state index contributed by atoms with van der Waals surface area (Å²) in [4.78, 5) is 7.10. The standard InChI is InChI=1S/C16H20N4/c1-2-5-13-11-14(12-17-15(13)6-3-1)19-9-4-10-20-16(19)7-8-18-20/h7-8,11-12H,1-6,9-10H2. The van der Waals surface area contributed by atoms with Gasteiger partial charge in [0.05, 0.1) is 18.1 Å². The number of fused-ring (bicyclic) bond motifs is 2. The third-order valence-electron chi connectivity index (χ3n) is 4.44. The molecule has 0 aromatic carbocycles. The molecule has 0 atom stereocenters. The topological polar surface area (TPSA) is 34.0 Å². The zero-order valence-corrected chi connectivity index (χ0v) is 11.8. The van der Waals surface area contributed by atoms with Gasteiger partial charge in [-0.25, -0.2) is 4.68 Å². The molecule has 0 radical (unpaired) electrons. The van der Waals surface area contributed by atoms with Crippen molar-refractivity contribution < 1.29 is 0 Å². The minimum absolute atomic E-state index is 1.03. The van der Waals surface area contributed by atoms with Crippen molar-refractivity contribution in [1.82, 2.24) is 14.8 Å². The van der Waals surface area contributed by atoms with E-state index >= 15 is 0 Å². The van der Waals surface area contributed by atoms with E-state index in [1.165, 1.54) is 48.4 Å². The molecular weight excluding hydrogens is 248 g/mol. The molecule has 20 heavy (non-hydrogen) atoms. The smallest absolute Gasteiger partial charge is 0.131 e. The number of hydrogen-bond acceptors (Lipinski definition) is 3. The van der Waals surface area contributed by atoms with Gasteiger partial charge in [0.2, 0.25) is 0 Å². The van der Waals surface area contributed by atoms with E-state index in [2.05, 4.69) is 26.8 Å². The van der Waals surface area contributed by atoms with Crippen molar-refractivity contribution in [3.8, 4) is 0 Å². The van der Waals surface area contributed by atoms with Gasteiger partial charge in [-0.1, -0.05) is 6.42 Å². The van der Waals surface area contributed by atoms with Crippen molar-refractivity contribution >= 4 is 11.5 Å². The van der Waals surface area contributed by atoms with Crippen LogP contribution in [0.3, 0.4) is 0 Å². The average molecular weight is 268 g/mol. The Kier molecular flexibility index (Phi) is 2.94. The third kappa shape index (κ3) is 1.99. The minimum atomic E-state index is 1.03. The average Bonchev–Trinajstić information content (AvgIpc) is 2.84. The number of anilines is 2. The molecule has 1 aliphatic carbocycles. The molecular formula is C16H20N4. The summed E-state index contributed by atoms with van der Waals surface area (Å²) >= 11 is 0. The van der Waals surface area contributed by atoms with E-state index in [-0.39, 0.29) is 0 Å². The first-order valence-electron chi connectivity index (χ1n) is 7.69. The van der Waals surface area contributed by atoms with Crippen LogP contribution in [-0.2, 0) is 19.4 Å². The molecule has 4 rings (SSSR count). The molecule has 3 heterocycles. The molecule has 2 aliphatic rings. The summed E-state index contributed by atoms with van der Waals surface area (Å²) in [7, 11) is 0. The molecule has 1 aliphatic heterocycles. The number of aromatic nitrogens is 3. The normalized spacial score (nSPS) is 18.3. The van der Waals surface area contributed by atoms with Crippen LogP contribution in [0.25, 0.3) is 0 Å². The van der Waals surface area contributed by atoms with E-state index in [0.717, 1.165) is 25.9 Å². The van der Waals surface area contributed by atoms with Crippen LogP contribution in [0.5, 0.6) is 0 Å². The largest absolute Gasteiger partial charge is 0.325 e. The molecule has 0 fully saturated rings. The molecule has 0 saturated carbocycles. The molecule has 0 N–H and O–H groups in total. The fourth-order valence-corrected chi connectivity index (χ4v) is 3.38. The predicted molar refractivity (Wildman–Crippen MR) is 79.3 cm³/mol. The van der Waals surface area contributed by atoms with Crippen LogP contribution in [0.1, 0.15) is 36.9 Å². The lowest BCUT2D eigenvalue weighted by Crippen LogP contribution is -2.28. The summed E-state index contributed by atoms with van der Waals surface area (Å²) in [6.07, 6.45) is 11.3. The molecule has 0 unspecified atom stereocenters. The van der Waals surface area contributed by atoms with Gasteiger partial charge in [0.15, 0.2) is 0 Å². The van der Waals surface area contributed by atoms with Gasteiger partial charge in [-0.05, 0) is 43.7 Å². The summed E-state index contributed by atoms with van der Waals surface area (Å²) in [6.45, 7) is 2.09. The van der Waals surface area contributed by atoms with Crippen LogP contribution in [0.2, 0.25) is 0 Å². The number of rotatable bonds is 1. The van der Waals surface area contributed by atoms with Crippen molar-refractivity contribution in [1.29, 1.82) is 0 Å². The second-order valence-corrected chi connectivity index (χ2v) is 5.78. The van der Waals surface area contributed by atoms with Crippen LogP contribution >= 0.6 is 0 Å². The predicted octanol–water partition coefficient (Wildman–Crippen LogP) is 3.09. The van der Waals surface area contributed by atoms with Crippen molar-refractivity contribution in [3.63, 3.8) is 0 Å². The fraction of sp³-hybridized carbons (Fsp3) is 0.500. The highest BCUT2D eigenvalue weighted by Gasteiger charge is 2.20. The molecule has 0 bridgehead atoms. The lowest BCUT2D eigenvalue weighted by atomic mass is 10.1. The van der Waals surface area contributed by atoms with Crippen molar-refractivity contribution in [3.05, 3.63) is 35.8 Å². The Bertz CT molecular complexity index is 617. The van der Waals surface area contributed by atoms with Crippen LogP contribution in [0, 0.1) is 0 Å². The summed E-state index contributed by atoms with van der Waals surface area (Å²) < 4.78 is 2.09. The Labute approximate surface area is 119 Å². The van der Waals surface area contributed by atoms with Crippen molar-refractivity contribution in [2.75, 3.05) is 11.4 Å². The van der Waals surface area contributed by atoms with Gasteiger partial charge in [0.25, 0.3) is 0 Å². The highest BCUT2D eigenvalue weighted by Crippen LogP contribution is 2.30. The zero-order chi connectivity index (χ0) is 13.4. The Morgan fingerprint density at radius 2 is 1.95 bits per heavy atom. The second kappa shape index (κ2) is 4.93. The molecule has 4 heteroatoms. The van der Waals surface area contributed by atoms with Crippen molar-refractivity contribution in [2.45, 2.75) is 45.1 Å². The van der Waals surface area contributed by atoms with Crippen molar-refractivity contribution in [2.24, 2.45) is 0 Å². The highest BCUT2D eigenvalue weighted by atomic mass is 15.4. The Hall–Kier alpha value is -1.84. The molecule has 2 aromatic rings. The van der Waals surface area contributed by atoms with Gasteiger partial charge < -0.3 is 4.90 Å². The maximum Gasteiger partial charge on any atom is 0.131 e. The van der Waals surface area contributed by atoms with Gasteiger partial charge in [-0.2, -0.15) is 5.10 Å². The van der Waals surface area contributed by atoms with Gasteiger partial charge in [-0.15, -0.1) is 0 Å². The first-order valence-corrected chi connectivity index (χ1v) is 7.69. The van der Waals surface area contributed by atoms with E-state index in [0.29, 0.717) is 0 Å². The number of nitrogens with zero attached hydrogens (tertiary/aromatic N) is 4. The van der Waals surface area contributed by atoms with Gasteiger partial charge in [-0.3, -0.25) is 4.98 Å². The number of pyridine rings is 1. The third-order valence-corrected chi connectivity index (χ3v) is 4.44. The second-order valence-electron chi connectivity index (χ2n) is 5.78. The molecule has 104 valence electrons. The first kappa shape index (κ1) is 11.9. The molecule has 0 saturated heterocycles. The summed E-state index contributed by atoms with van der Waals surface area (Å²) in [5.74, 6) is 1.20. The van der Waals surface area contributed by atoms with E-state index in [1.807, 2.05) is 12.4 Å². The fourth-order valence-electron chi connectivity index (χ4n) is 3.38. The highest BCUT2D eigenvalue weighted by molar-refractivity contribution is 5.61. The lowest BCUT2D eigenvalue weighted by molar-refractivity contribution is 0.541. The Balaban J connectivity index is 1.72. The van der Waals surface area contributed by atoms with Gasteiger partial charge in [0.1, 0.15) is 5.82 Å². The molecule has 0 amide bonds. The maximum absolute atomic E-state index is 4.74. The van der Waals surface area contributed by atoms with Crippen LogP contribution in [0.4, 0.5) is 11.5 Å². The molecule has 4 nitrogen and oxygen atoms in total. The van der Waals surface area contributed by atoms with Gasteiger partial charge in [0, 0.05) is 24.8 Å². The van der Waals surface area contributed by atoms with E-state index in [1.54, 1.807) is 0 Å². The van der Waals surface area contributed by atoms with E-state index in [9.17, 15) is 0 Å². The van der Waals surface area contributed by atoms with Gasteiger partial charge >= 0.3 is 0 Å². The Morgan fingerprint density at radius 1 is 1.00 bits per heavy atom. The monoisotopic (exact) mass is 268 g/mol. The number of aryl methyl sites for hydroxylation is 3. The maximum atomic E-state index is 4.74. The molecule has 2 aromatic heterocycles. The summed E-state index contributed by atoms with van der Waals surface area (Å²) in [5.41, 5.74) is 4.00. The molecule has 0 spiro atoms. The quantitative estimate of drug-likeness (QED) is 0.745. The Morgan fingerprint density at radius 3 is 2.95 bits per heavy atom. The van der Waals surface area contributed by atoms with Crippen LogP contribution < -0.4 is 4.90 Å². The van der Waals surface area contributed by atoms with E-state index in [4.69, 9.17) is 4.98 Å². The zero-order valence-electron chi connectivity index (χ0n) is 11.8. The number of hydrogen-bond donors (Lipinski definition) is 0. The van der Waals surface area contributed by atoms with Crippen LogP contribution in [0.15, 0.2) is 24.5 Å².